The normalized spacial score (nSPS) is 13.7. The van der Waals surface area contributed by atoms with Gasteiger partial charge in [0.2, 0.25) is 0 Å². The summed E-state index contributed by atoms with van der Waals surface area (Å²) in [4.78, 5) is 14.6. The largest absolute Gasteiger partial charge is 0.497 e. The van der Waals surface area contributed by atoms with E-state index in [4.69, 9.17) is 4.74 Å². The Labute approximate surface area is 149 Å². The molecule has 1 fully saturated rings. The molecule has 1 N–H and O–H groups in total. The molecule has 1 aliphatic heterocycles. The van der Waals surface area contributed by atoms with Crippen LogP contribution in [0.2, 0.25) is 0 Å². The lowest BCUT2D eigenvalue weighted by Gasteiger charge is -2.17. The lowest BCUT2D eigenvalue weighted by atomic mass is 10.1. The molecule has 0 atom stereocenters. The number of nitrogens with one attached hydrogen (secondary N) is 1. The van der Waals surface area contributed by atoms with E-state index in [9.17, 15) is 4.79 Å². The van der Waals surface area contributed by atoms with Crippen LogP contribution in [0.5, 0.6) is 5.75 Å². The van der Waals surface area contributed by atoms with Crippen molar-refractivity contribution in [1.82, 2.24) is 5.32 Å². The molecule has 0 saturated carbocycles. The van der Waals surface area contributed by atoms with Crippen LogP contribution in [0.3, 0.4) is 0 Å². The molecular weight excluding hydrogens is 312 g/mol. The van der Waals surface area contributed by atoms with E-state index in [0.717, 1.165) is 12.8 Å². The Kier molecular flexibility index (Phi) is 5.94. The van der Waals surface area contributed by atoms with Gasteiger partial charge in [-0.05, 0) is 61.6 Å². The van der Waals surface area contributed by atoms with Crippen molar-refractivity contribution < 1.29 is 9.53 Å². The molecule has 0 radical (unpaired) electrons. The molecule has 3 rings (SSSR count). The van der Waals surface area contributed by atoms with Crippen LogP contribution in [-0.4, -0.2) is 32.7 Å². The van der Waals surface area contributed by atoms with Crippen LogP contribution < -0.4 is 15.0 Å². The van der Waals surface area contributed by atoms with Crippen LogP contribution in [0.1, 0.15) is 35.2 Å². The molecule has 1 saturated heterocycles. The van der Waals surface area contributed by atoms with Crippen molar-refractivity contribution in [3.63, 3.8) is 0 Å². The molecule has 4 heteroatoms. The molecule has 0 unspecified atom stereocenters. The van der Waals surface area contributed by atoms with Gasteiger partial charge in [0, 0.05) is 30.9 Å². The van der Waals surface area contributed by atoms with Crippen molar-refractivity contribution in [2.45, 2.75) is 25.7 Å². The van der Waals surface area contributed by atoms with Crippen molar-refractivity contribution in [3.8, 4) is 5.75 Å². The number of carbonyl (C=O) groups excluding carboxylic acids is 1. The fourth-order valence-electron chi connectivity index (χ4n) is 3.21. The van der Waals surface area contributed by atoms with Crippen LogP contribution in [0, 0.1) is 0 Å². The summed E-state index contributed by atoms with van der Waals surface area (Å²) in [5.41, 5.74) is 3.28. The first kappa shape index (κ1) is 17.3. The third-order valence-corrected chi connectivity index (χ3v) is 4.67. The number of methoxy groups -OCH3 is 1. The summed E-state index contributed by atoms with van der Waals surface area (Å²) in [6.07, 6.45) is 4.50. The molecule has 1 amide bonds. The number of carbonyl (C=O) groups is 1. The van der Waals surface area contributed by atoms with Gasteiger partial charge in [0.05, 0.1) is 7.11 Å². The fourth-order valence-corrected chi connectivity index (χ4v) is 3.21. The number of amides is 1. The van der Waals surface area contributed by atoms with Gasteiger partial charge in [0.1, 0.15) is 5.75 Å². The number of nitrogens with zero attached hydrogens (tertiary/aromatic N) is 1. The van der Waals surface area contributed by atoms with Crippen molar-refractivity contribution in [1.29, 1.82) is 0 Å². The Bertz CT molecular complexity index is 691. The maximum atomic E-state index is 12.1. The third kappa shape index (κ3) is 4.75. The van der Waals surface area contributed by atoms with Gasteiger partial charge in [-0.25, -0.2) is 0 Å². The summed E-state index contributed by atoms with van der Waals surface area (Å²) in [5, 5.41) is 2.97. The van der Waals surface area contributed by atoms with Gasteiger partial charge in [-0.3, -0.25) is 4.79 Å². The van der Waals surface area contributed by atoms with Crippen molar-refractivity contribution >= 4 is 11.6 Å². The zero-order valence-electron chi connectivity index (χ0n) is 14.8. The zero-order chi connectivity index (χ0) is 17.5. The Balaban J connectivity index is 1.42. The summed E-state index contributed by atoms with van der Waals surface area (Å²) >= 11 is 0. The van der Waals surface area contributed by atoms with Gasteiger partial charge in [-0.15, -0.1) is 0 Å². The number of hydrogen-bond donors (Lipinski definition) is 1. The Morgan fingerprint density at radius 3 is 2.60 bits per heavy atom. The summed E-state index contributed by atoms with van der Waals surface area (Å²) in [5.74, 6) is 0.647. The molecule has 4 nitrogen and oxygen atoms in total. The molecule has 25 heavy (non-hydrogen) atoms. The van der Waals surface area contributed by atoms with Crippen molar-refractivity contribution in [3.05, 3.63) is 59.7 Å². The first-order chi connectivity index (χ1) is 12.3. The van der Waals surface area contributed by atoms with E-state index in [1.807, 2.05) is 12.1 Å². The molecule has 0 aliphatic carbocycles. The molecule has 1 heterocycles. The van der Waals surface area contributed by atoms with Gasteiger partial charge in [-0.2, -0.15) is 0 Å². The van der Waals surface area contributed by atoms with Crippen LogP contribution in [-0.2, 0) is 6.42 Å². The zero-order valence-corrected chi connectivity index (χ0v) is 14.8. The van der Waals surface area contributed by atoms with Gasteiger partial charge in [0.15, 0.2) is 0 Å². The lowest BCUT2D eigenvalue weighted by molar-refractivity contribution is 0.0953. The first-order valence-corrected chi connectivity index (χ1v) is 9.02. The highest BCUT2D eigenvalue weighted by Crippen LogP contribution is 2.20. The SMILES string of the molecule is COc1cccc(C(=O)NCCCc2ccc(N3CCCC3)cc2)c1. The predicted molar refractivity (Wildman–Crippen MR) is 102 cm³/mol. The fraction of sp³-hybridized carbons (Fsp3) is 0.381. The van der Waals surface area contributed by atoms with E-state index in [0.29, 0.717) is 17.9 Å². The van der Waals surface area contributed by atoms with E-state index in [-0.39, 0.29) is 5.91 Å². The number of benzene rings is 2. The maximum absolute atomic E-state index is 12.1. The summed E-state index contributed by atoms with van der Waals surface area (Å²) in [6, 6.07) is 16.1. The van der Waals surface area contributed by atoms with E-state index < -0.39 is 0 Å². The minimum atomic E-state index is -0.0525. The second-order valence-electron chi connectivity index (χ2n) is 6.45. The van der Waals surface area contributed by atoms with Crippen LogP contribution in [0.15, 0.2) is 48.5 Å². The van der Waals surface area contributed by atoms with E-state index in [2.05, 4.69) is 34.5 Å². The van der Waals surface area contributed by atoms with E-state index >= 15 is 0 Å². The molecular formula is C21H26N2O2. The average Bonchev–Trinajstić information content (AvgIpc) is 3.20. The van der Waals surface area contributed by atoms with Gasteiger partial charge in [-0.1, -0.05) is 18.2 Å². The lowest BCUT2D eigenvalue weighted by Crippen LogP contribution is -2.24. The highest BCUT2D eigenvalue weighted by atomic mass is 16.5. The molecule has 0 aromatic heterocycles. The average molecular weight is 338 g/mol. The van der Waals surface area contributed by atoms with Gasteiger partial charge in [0.25, 0.3) is 5.91 Å². The Morgan fingerprint density at radius 1 is 1.12 bits per heavy atom. The topological polar surface area (TPSA) is 41.6 Å². The monoisotopic (exact) mass is 338 g/mol. The standard InChI is InChI=1S/C21H26N2O2/c1-25-20-8-4-7-18(16-20)21(24)22-13-5-6-17-9-11-19(12-10-17)23-14-2-3-15-23/h4,7-12,16H,2-3,5-6,13-15H2,1H3,(H,22,24). The molecule has 1 aliphatic rings. The smallest absolute Gasteiger partial charge is 0.251 e. The molecule has 0 spiro atoms. The minimum Gasteiger partial charge on any atom is -0.497 e. The maximum Gasteiger partial charge on any atom is 0.251 e. The molecule has 132 valence electrons. The minimum absolute atomic E-state index is 0.0525. The summed E-state index contributed by atoms with van der Waals surface area (Å²) < 4.78 is 5.15. The van der Waals surface area contributed by atoms with Crippen LogP contribution >= 0.6 is 0 Å². The van der Waals surface area contributed by atoms with Gasteiger partial charge >= 0.3 is 0 Å². The predicted octanol–water partition coefficient (Wildman–Crippen LogP) is 3.66. The third-order valence-electron chi connectivity index (χ3n) is 4.67. The van der Waals surface area contributed by atoms with Crippen LogP contribution in [0.4, 0.5) is 5.69 Å². The Morgan fingerprint density at radius 2 is 1.88 bits per heavy atom. The number of anilines is 1. The van der Waals surface area contributed by atoms with Crippen molar-refractivity contribution in [2.24, 2.45) is 0 Å². The number of aryl methyl sites for hydroxylation is 1. The van der Waals surface area contributed by atoms with E-state index in [1.54, 1.807) is 19.2 Å². The first-order valence-electron chi connectivity index (χ1n) is 9.02. The second-order valence-corrected chi connectivity index (χ2v) is 6.45. The van der Waals surface area contributed by atoms with E-state index in [1.165, 1.54) is 37.2 Å². The summed E-state index contributed by atoms with van der Waals surface area (Å²) in [7, 11) is 1.60. The number of ether oxygens (including phenoxy) is 1. The molecule has 2 aromatic rings. The summed E-state index contributed by atoms with van der Waals surface area (Å²) in [6.45, 7) is 3.02. The molecule has 2 aromatic carbocycles. The highest BCUT2D eigenvalue weighted by Gasteiger charge is 2.11. The highest BCUT2D eigenvalue weighted by molar-refractivity contribution is 5.94. The van der Waals surface area contributed by atoms with Crippen LogP contribution in [0.25, 0.3) is 0 Å². The quantitative estimate of drug-likeness (QED) is 0.784. The Hall–Kier alpha value is -2.49. The van der Waals surface area contributed by atoms with Crippen molar-refractivity contribution in [2.75, 3.05) is 31.6 Å². The number of rotatable bonds is 7. The number of hydrogen-bond acceptors (Lipinski definition) is 3. The molecule has 0 bridgehead atoms. The second kappa shape index (κ2) is 8.56. The van der Waals surface area contributed by atoms with Gasteiger partial charge < -0.3 is 15.0 Å².